The number of hydrogen-bond acceptors (Lipinski definition) is 8. The molecule has 0 aliphatic carbocycles. The maximum Gasteiger partial charge on any atom is 1.00 e. The van der Waals surface area contributed by atoms with E-state index < -0.39 is 36.4 Å². The van der Waals surface area contributed by atoms with E-state index in [2.05, 4.69) is 4.89 Å². The molecule has 9 nitrogen and oxygen atoms in total. The van der Waals surface area contributed by atoms with E-state index in [1.54, 1.807) is 0 Å². The molecule has 0 atom stereocenters. The molecule has 0 saturated heterocycles. The van der Waals surface area contributed by atoms with Crippen LogP contribution < -0.4 is 169 Å². The fourth-order valence-electron chi connectivity index (χ4n) is 0.775. The van der Waals surface area contributed by atoms with Crippen molar-refractivity contribution in [2.24, 2.45) is 0 Å². The van der Waals surface area contributed by atoms with Crippen LogP contribution in [0.1, 0.15) is 12.8 Å². The summed E-state index contributed by atoms with van der Waals surface area (Å²) in [6.07, 6.45) is -2.72. The Bertz CT molecular complexity index is 253. The molecule has 88 valence electrons. The van der Waals surface area contributed by atoms with E-state index >= 15 is 0 Å². The van der Waals surface area contributed by atoms with E-state index in [4.69, 9.17) is 5.26 Å². The molecule has 0 aromatic heterocycles. The van der Waals surface area contributed by atoms with Crippen molar-refractivity contribution in [3.05, 3.63) is 0 Å². The molecule has 12 heteroatoms. The minimum atomic E-state index is -2.88. The van der Waals surface area contributed by atoms with E-state index in [0.717, 1.165) is 0 Å². The second-order valence-corrected chi connectivity index (χ2v) is 2.47. The standard InChI is InChI=1S/C6H8O8.3K.H2O/c7-3(8)1-6(14-13,5(11)12)2-4(9)10;;;;/h13H,1-2H2,(H,7,8)(H,9,10)(H,11,12);;;;1H2/q;3*+1;/p-3. The van der Waals surface area contributed by atoms with E-state index in [9.17, 15) is 29.7 Å². The van der Waals surface area contributed by atoms with Gasteiger partial charge >= 0.3 is 154 Å². The van der Waals surface area contributed by atoms with Gasteiger partial charge in [-0.05, 0) is 0 Å². The minimum Gasteiger partial charge on any atom is -0.550 e. The Hall–Kier alpha value is 3.20. The van der Waals surface area contributed by atoms with Crippen molar-refractivity contribution in [3.8, 4) is 0 Å². The van der Waals surface area contributed by atoms with Crippen LogP contribution in [0.25, 0.3) is 0 Å². The molecule has 0 bridgehead atoms. The number of aliphatic carboxylic acids is 3. The topological polar surface area (TPSA) is 181 Å². The Kier molecular flexibility index (Phi) is 30.3. The number of hydrogen-bond donors (Lipinski definition) is 1. The number of carbonyl (C=O) groups excluding carboxylic acids is 3. The van der Waals surface area contributed by atoms with Gasteiger partial charge in [-0.2, -0.15) is 0 Å². The second kappa shape index (κ2) is 16.6. The summed E-state index contributed by atoms with van der Waals surface area (Å²) in [4.78, 5) is 33.8. The Labute approximate surface area is 230 Å². The van der Waals surface area contributed by atoms with Gasteiger partial charge in [-0.3, -0.25) is 5.26 Å². The largest absolute Gasteiger partial charge is 1.00 e. The molecule has 0 aliphatic rings. The molecule has 0 amide bonds. The first kappa shape index (κ1) is 33.0. The average molecular weight is 340 g/mol. The van der Waals surface area contributed by atoms with Crippen LogP contribution in [-0.2, 0) is 19.3 Å². The number of carbonyl (C=O) groups is 3. The summed E-state index contributed by atoms with van der Waals surface area (Å²) >= 11 is 0. The summed E-state index contributed by atoms with van der Waals surface area (Å²) in [7, 11) is 0. The second-order valence-electron chi connectivity index (χ2n) is 2.47. The summed E-state index contributed by atoms with van der Waals surface area (Å²) < 4.78 is 0. The van der Waals surface area contributed by atoms with Crippen LogP contribution in [0.2, 0.25) is 0 Å². The van der Waals surface area contributed by atoms with Crippen molar-refractivity contribution in [2.75, 3.05) is 0 Å². The molecule has 0 aromatic carbocycles. The van der Waals surface area contributed by atoms with Crippen molar-refractivity contribution in [3.63, 3.8) is 0 Å². The van der Waals surface area contributed by atoms with Gasteiger partial charge in [0.1, 0.15) is 0 Å². The molecule has 0 rings (SSSR count). The molecule has 0 fully saturated rings. The number of rotatable bonds is 6. The fourth-order valence-corrected chi connectivity index (χ4v) is 0.775. The predicted molar refractivity (Wildman–Crippen MR) is 34.3 cm³/mol. The maximum absolute atomic E-state index is 10.3. The zero-order valence-corrected chi connectivity index (χ0v) is 19.6. The van der Waals surface area contributed by atoms with Gasteiger partial charge < -0.3 is 35.2 Å². The quantitative estimate of drug-likeness (QED) is 0.281. The van der Waals surface area contributed by atoms with E-state index in [1.165, 1.54) is 0 Å². The molecule has 0 aliphatic heterocycles. The van der Waals surface area contributed by atoms with Gasteiger partial charge in [-0.1, -0.05) is 0 Å². The molecule has 3 N–H and O–H groups in total. The van der Waals surface area contributed by atoms with E-state index in [-0.39, 0.29) is 160 Å². The van der Waals surface area contributed by atoms with E-state index in [0.29, 0.717) is 0 Å². The molecule has 0 radical (unpaired) electrons. The SMILES string of the molecule is O.O=C([O-])CC(CC(=O)[O-])(OO)C(=O)[O-].[K+].[K+].[K+]. The van der Waals surface area contributed by atoms with E-state index in [1.807, 2.05) is 0 Å². The van der Waals surface area contributed by atoms with Crippen molar-refractivity contribution < 1.29 is 199 Å². The molecular weight excluding hydrogens is 333 g/mol. The third kappa shape index (κ3) is 12.9. The fraction of sp³-hybridized carbons (Fsp3) is 0.500. The first-order chi connectivity index (χ1) is 6.34. The van der Waals surface area contributed by atoms with Gasteiger partial charge in [0.25, 0.3) is 0 Å². The number of carboxylic acid groups (broad SMARTS) is 3. The normalized spacial score (nSPS) is 8.50. The van der Waals surface area contributed by atoms with Crippen LogP contribution in [0.15, 0.2) is 0 Å². The van der Waals surface area contributed by atoms with Gasteiger partial charge in [-0.25, -0.2) is 4.89 Å². The number of carboxylic acids is 3. The Balaban J connectivity index is -0.000000141. The van der Waals surface area contributed by atoms with Crippen LogP contribution in [0.3, 0.4) is 0 Å². The van der Waals surface area contributed by atoms with Crippen molar-refractivity contribution in [1.82, 2.24) is 0 Å². The first-order valence-electron chi connectivity index (χ1n) is 3.28. The zero-order chi connectivity index (χ0) is 11.4. The third-order valence-electron chi connectivity index (χ3n) is 1.41. The monoisotopic (exact) mass is 340 g/mol. The van der Waals surface area contributed by atoms with Crippen LogP contribution in [0.4, 0.5) is 0 Å². The summed E-state index contributed by atoms with van der Waals surface area (Å²) in [6.45, 7) is 0. The Morgan fingerprint density at radius 3 is 1.33 bits per heavy atom. The summed E-state index contributed by atoms with van der Waals surface area (Å²) in [5, 5.41) is 38.6. The summed E-state index contributed by atoms with van der Waals surface area (Å²) in [5.74, 6) is -6.01. The maximum atomic E-state index is 10.3. The summed E-state index contributed by atoms with van der Waals surface area (Å²) in [5.41, 5.74) is -2.88. The van der Waals surface area contributed by atoms with Crippen molar-refractivity contribution in [1.29, 1.82) is 0 Å². The molecule has 18 heavy (non-hydrogen) atoms. The first-order valence-corrected chi connectivity index (χ1v) is 3.28. The Morgan fingerprint density at radius 1 is 0.944 bits per heavy atom. The molecule has 0 unspecified atom stereocenters. The van der Waals surface area contributed by atoms with Crippen LogP contribution in [-0.4, -0.2) is 34.2 Å². The van der Waals surface area contributed by atoms with Gasteiger partial charge in [0.2, 0.25) is 0 Å². The smallest absolute Gasteiger partial charge is 0.550 e. The molecular formula is C6H7K3O9. The van der Waals surface area contributed by atoms with Gasteiger partial charge in [-0.15, -0.1) is 0 Å². The van der Waals surface area contributed by atoms with Crippen molar-refractivity contribution in [2.45, 2.75) is 18.4 Å². The van der Waals surface area contributed by atoms with Gasteiger partial charge in [0.05, 0.1) is 5.97 Å². The van der Waals surface area contributed by atoms with Crippen LogP contribution in [0, 0.1) is 0 Å². The van der Waals surface area contributed by atoms with Gasteiger partial charge in [0.15, 0.2) is 5.60 Å². The predicted octanol–water partition coefficient (Wildman–Crippen LogP) is -14.6. The van der Waals surface area contributed by atoms with Crippen LogP contribution in [0.5, 0.6) is 0 Å². The van der Waals surface area contributed by atoms with Gasteiger partial charge in [0, 0.05) is 24.8 Å². The molecule has 0 heterocycles. The summed E-state index contributed by atoms with van der Waals surface area (Å²) in [6, 6.07) is 0. The third-order valence-corrected chi connectivity index (χ3v) is 1.41. The van der Waals surface area contributed by atoms with Crippen LogP contribution >= 0.6 is 0 Å². The molecule has 0 saturated carbocycles. The molecule has 0 spiro atoms. The zero-order valence-electron chi connectivity index (χ0n) is 10.2. The Morgan fingerprint density at radius 2 is 1.22 bits per heavy atom. The van der Waals surface area contributed by atoms with Crippen molar-refractivity contribution >= 4 is 17.9 Å². The average Bonchev–Trinajstić information content (AvgIpc) is 2.00. The molecule has 0 aromatic rings. The minimum absolute atomic E-state index is 0.